The number of piperidine rings is 1. The number of likely N-dealkylation sites (tertiary alicyclic amines) is 1. The van der Waals surface area contributed by atoms with Crippen molar-refractivity contribution in [3.63, 3.8) is 0 Å². The maximum atomic E-state index is 12.3. The first-order valence-corrected chi connectivity index (χ1v) is 12.2. The zero-order valence-corrected chi connectivity index (χ0v) is 19.0. The predicted octanol–water partition coefficient (Wildman–Crippen LogP) is 3.07. The van der Waals surface area contributed by atoms with Gasteiger partial charge in [-0.1, -0.05) is 60.2 Å². The van der Waals surface area contributed by atoms with Crippen LogP contribution in [-0.2, 0) is 23.1 Å². The van der Waals surface area contributed by atoms with Crippen molar-refractivity contribution in [2.24, 2.45) is 4.99 Å². The molecule has 0 amide bonds. The zero-order valence-electron chi connectivity index (χ0n) is 18.1. The number of aryl methyl sites for hydroxylation is 1. The van der Waals surface area contributed by atoms with Gasteiger partial charge in [-0.25, -0.2) is 0 Å². The number of hydrogen-bond acceptors (Lipinski definition) is 3. The number of benzene rings is 2. The van der Waals surface area contributed by atoms with Gasteiger partial charge in [0.05, 0.1) is 0 Å². The second-order valence-corrected chi connectivity index (χ2v) is 9.53. The maximum Gasteiger partial charge on any atom is 0.191 e. The molecule has 5 nitrogen and oxygen atoms in total. The molecule has 1 fully saturated rings. The summed E-state index contributed by atoms with van der Waals surface area (Å²) < 4.78 is 12.3. The Balaban J connectivity index is 1.34. The quantitative estimate of drug-likeness (QED) is 0.503. The minimum Gasteiger partial charge on any atom is -0.355 e. The largest absolute Gasteiger partial charge is 0.355 e. The van der Waals surface area contributed by atoms with E-state index in [0.717, 1.165) is 44.0 Å². The number of hydrogen-bond donors (Lipinski definition) is 2. The predicted molar refractivity (Wildman–Crippen MR) is 127 cm³/mol. The van der Waals surface area contributed by atoms with Crippen LogP contribution in [0.5, 0.6) is 0 Å². The van der Waals surface area contributed by atoms with E-state index in [4.69, 9.17) is 0 Å². The lowest BCUT2D eigenvalue weighted by atomic mass is 10.0. The van der Waals surface area contributed by atoms with Crippen molar-refractivity contribution in [1.29, 1.82) is 0 Å². The third-order valence-electron chi connectivity index (χ3n) is 5.43. The van der Waals surface area contributed by atoms with Crippen molar-refractivity contribution in [2.45, 2.75) is 38.1 Å². The highest BCUT2D eigenvalue weighted by atomic mass is 32.2. The summed E-state index contributed by atoms with van der Waals surface area (Å²) in [5.74, 6) is 2.03. The van der Waals surface area contributed by atoms with E-state index in [-0.39, 0.29) is 0 Å². The topological polar surface area (TPSA) is 56.7 Å². The van der Waals surface area contributed by atoms with Crippen LogP contribution in [0.4, 0.5) is 0 Å². The standard InChI is InChI=1S/C24H34N4OS/c1-20-7-6-10-22(17-20)18-28-14-11-23(12-15-28)27-24(25-2)26-13-16-30(29)19-21-8-4-3-5-9-21/h3-10,17,23H,11-16,18-19H2,1-2H3,(H2,25,26,27). The number of rotatable bonds is 8. The fraction of sp³-hybridized carbons (Fsp3) is 0.458. The van der Waals surface area contributed by atoms with Crippen molar-refractivity contribution < 1.29 is 4.21 Å². The summed E-state index contributed by atoms with van der Waals surface area (Å²) in [5, 5.41) is 6.86. The van der Waals surface area contributed by atoms with Crippen molar-refractivity contribution in [2.75, 3.05) is 32.4 Å². The van der Waals surface area contributed by atoms with Gasteiger partial charge >= 0.3 is 0 Å². The zero-order chi connectivity index (χ0) is 21.2. The van der Waals surface area contributed by atoms with Crippen LogP contribution in [0.2, 0.25) is 0 Å². The van der Waals surface area contributed by atoms with Crippen LogP contribution in [0.3, 0.4) is 0 Å². The summed E-state index contributed by atoms with van der Waals surface area (Å²) in [6.45, 7) is 6.00. The highest BCUT2D eigenvalue weighted by Gasteiger charge is 2.20. The van der Waals surface area contributed by atoms with E-state index in [1.807, 2.05) is 30.3 Å². The fourth-order valence-corrected chi connectivity index (χ4v) is 4.85. The van der Waals surface area contributed by atoms with E-state index in [2.05, 4.69) is 51.7 Å². The van der Waals surface area contributed by atoms with Crippen molar-refractivity contribution >= 4 is 16.8 Å². The first kappa shape index (κ1) is 22.5. The molecule has 0 aliphatic carbocycles. The Morgan fingerprint density at radius 2 is 1.83 bits per heavy atom. The summed E-state index contributed by atoms with van der Waals surface area (Å²) in [6.07, 6.45) is 2.21. The summed E-state index contributed by atoms with van der Waals surface area (Å²) in [6, 6.07) is 19.2. The molecule has 2 aromatic carbocycles. The van der Waals surface area contributed by atoms with Gasteiger partial charge in [0, 0.05) is 61.6 Å². The molecule has 1 atom stereocenters. The molecule has 0 radical (unpaired) electrons. The van der Waals surface area contributed by atoms with E-state index in [1.165, 1.54) is 11.1 Å². The summed E-state index contributed by atoms with van der Waals surface area (Å²) in [7, 11) is 0.921. The van der Waals surface area contributed by atoms with Crippen LogP contribution in [-0.4, -0.2) is 53.5 Å². The third kappa shape index (κ3) is 7.58. The first-order valence-electron chi connectivity index (χ1n) is 10.8. The van der Waals surface area contributed by atoms with Crippen molar-refractivity contribution in [3.05, 3.63) is 71.3 Å². The molecule has 1 unspecified atom stereocenters. The molecule has 3 rings (SSSR count). The van der Waals surface area contributed by atoms with Crippen LogP contribution in [0, 0.1) is 6.92 Å². The van der Waals surface area contributed by atoms with E-state index in [1.54, 1.807) is 7.05 Å². The molecule has 0 bridgehead atoms. The number of nitrogens with zero attached hydrogens (tertiary/aromatic N) is 2. The molecule has 1 saturated heterocycles. The molecule has 30 heavy (non-hydrogen) atoms. The van der Waals surface area contributed by atoms with Crippen molar-refractivity contribution in [1.82, 2.24) is 15.5 Å². The van der Waals surface area contributed by atoms with Gasteiger partial charge in [0.1, 0.15) is 0 Å². The number of aliphatic imine (C=N–C) groups is 1. The highest BCUT2D eigenvalue weighted by molar-refractivity contribution is 7.84. The monoisotopic (exact) mass is 426 g/mol. The minimum atomic E-state index is -0.874. The summed E-state index contributed by atoms with van der Waals surface area (Å²) in [5.41, 5.74) is 3.83. The number of guanidine groups is 1. The highest BCUT2D eigenvalue weighted by Crippen LogP contribution is 2.14. The van der Waals surface area contributed by atoms with Gasteiger partial charge < -0.3 is 10.6 Å². The van der Waals surface area contributed by atoms with Gasteiger partial charge in [0.2, 0.25) is 0 Å². The van der Waals surface area contributed by atoms with Crippen LogP contribution in [0.15, 0.2) is 59.6 Å². The molecule has 0 saturated carbocycles. The summed E-state index contributed by atoms with van der Waals surface area (Å²) in [4.78, 5) is 6.87. The van der Waals surface area contributed by atoms with Crippen LogP contribution in [0.1, 0.15) is 29.5 Å². The molecular weight excluding hydrogens is 392 g/mol. The average Bonchev–Trinajstić information content (AvgIpc) is 2.75. The van der Waals surface area contributed by atoms with Crippen LogP contribution >= 0.6 is 0 Å². The minimum absolute atomic E-state index is 0.430. The molecule has 0 spiro atoms. The van der Waals surface area contributed by atoms with Crippen LogP contribution < -0.4 is 10.6 Å². The van der Waals surface area contributed by atoms with E-state index in [0.29, 0.717) is 24.1 Å². The Hall–Kier alpha value is -2.18. The fourth-order valence-electron chi connectivity index (χ4n) is 3.81. The molecule has 1 heterocycles. The lowest BCUT2D eigenvalue weighted by molar-refractivity contribution is 0.198. The first-order chi connectivity index (χ1) is 14.6. The van der Waals surface area contributed by atoms with Gasteiger partial charge in [-0.2, -0.15) is 0 Å². The Morgan fingerprint density at radius 3 is 2.53 bits per heavy atom. The van der Waals surface area contributed by atoms with Gasteiger partial charge in [0.15, 0.2) is 5.96 Å². The Bertz CT molecular complexity index is 832. The Labute approximate surface area is 183 Å². The second kappa shape index (κ2) is 11.9. The second-order valence-electron chi connectivity index (χ2n) is 7.96. The van der Waals surface area contributed by atoms with E-state index in [9.17, 15) is 4.21 Å². The lowest BCUT2D eigenvalue weighted by Crippen LogP contribution is -2.49. The molecule has 2 aromatic rings. The molecule has 6 heteroatoms. The van der Waals surface area contributed by atoms with Gasteiger partial charge in [-0.05, 0) is 30.9 Å². The normalized spacial score (nSPS) is 16.9. The molecule has 1 aliphatic rings. The third-order valence-corrected chi connectivity index (χ3v) is 6.75. The smallest absolute Gasteiger partial charge is 0.191 e. The SMILES string of the molecule is CN=C(NCCS(=O)Cc1ccccc1)NC1CCN(Cc2cccc(C)c2)CC1. The maximum absolute atomic E-state index is 12.3. The Kier molecular flexibility index (Phi) is 8.90. The molecule has 2 N–H and O–H groups in total. The van der Waals surface area contributed by atoms with Gasteiger partial charge in [0.25, 0.3) is 0 Å². The molecule has 162 valence electrons. The number of nitrogens with one attached hydrogen (secondary N) is 2. The summed E-state index contributed by atoms with van der Waals surface area (Å²) >= 11 is 0. The average molecular weight is 427 g/mol. The van der Waals surface area contributed by atoms with E-state index >= 15 is 0 Å². The van der Waals surface area contributed by atoms with Crippen molar-refractivity contribution in [3.8, 4) is 0 Å². The molecule has 1 aliphatic heterocycles. The lowest BCUT2D eigenvalue weighted by Gasteiger charge is -2.33. The molecular formula is C24H34N4OS. The van der Waals surface area contributed by atoms with E-state index < -0.39 is 10.8 Å². The van der Waals surface area contributed by atoms with Gasteiger partial charge in [-0.3, -0.25) is 14.1 Å². The molecule has 0 aromatic heterocycles. The van der Waals surface area contributed by atoms with Gasteiger partial charge in [-0.15, -0.1) is 0 Å². The van der Waals surface area contributed by atoms with Crippen LogP contribution in [0.25, 0.3) is 0 Å². The Morgan fingerprint density at radius 1 is 1.10 bits per heavy atom.